The van der Waals surface area contributed by atoms with Crippen molar-refractivity contribution in [2.24, 2.45) is 5.92 Å². The number of hydrogen-bond acceptors (Lipinski definition) is 4. The lowest BCUT2D eigenvalue weighted by atomic mass is 9.82. The highest BCUT2D eigenvalue weighted by molar-refractivity contribution is 5.82. The Morgan fingerprint density at radius 1 is 1.12 bits per heavy atom. The van der Waals surface area contributed by atoms with Gasteiger partial charge in [0.2, 0.25) is 5.91 Å². The fourth-order valence-electron chi connectivity index (χ4n) is 5.82. The van der Waals surface area contributed by atoms with Crippen LogP contribution in [-0.4, -0.2) is 42.5 Å². The molecule has 2 unspecified atom stereocenters. The molecule has 1 aromatic heterocycles. The number of carbonyl (C=O) groups excluding carboxylic acids is 1. The average molecular weight is 462 g/mol. The first kappa shape index (κ1) is 22.3. The van der Waals surface area contributed by atoms with Crippen LogP contribution >= 0.6 is 0 Å². The molecule has 178 valence electrons. The SMILES string of the molecule is O=C(NCc1ccco1)C1Cc2cc(C(F)(F)F)ccc2N2CCN(C3CCCCC3)CC12. The Hall–Kier alpha value is -2.48. The number of fused-ring (bicyclic) bond motifs is 3. The summed E-state index contributed by atoms with van der Waals surface area (Å²) >= 11 is 0. The molecular formula is C25H30F3N3O2. The van der Waals surface area contributed by atoms with Crippen LogP contribution in [0.2, 0.25) is 0 Å². The molecule has 1 N–H and O–H groups in total. The van der Waals surface area contributed by atoms with Gasteiger partial charge in [0, 0.05) is 31.4 Å². The van der Waals surface area contributed by atoms with E-state index in [1.165, 1.54) is 44.2 Å². The fraction of sp³-hybridized carbons (Fsp3) is 0.560. The van der Waals surface area contributed by atoms with Crippen LogP contribution in [0.4, 0.5) is 18.9 Å². The van der Waals surface area contributed by atoms with Gasteiger partial charge in [-0.05, 0) is 55.2 Å². The van der Waals surface area contributed by atoms with E-state index in [1.54, 1.807) is 24.5 Å². The molecule has 0 bridgehead atoms. The van der Waals surface area contributed by atoms with Gasteiger partial charge in [0.15, 0.2) is 0 Å². The maximum Gasteiger partial charge on any atom is 0.416 e. The van der Waals surface area contributed by atoms with Crippen molar-refractivity contribution in [1.29, 1.82) is 0 Å². The summed E-state index contributed by atoms with van der Waals surface area (Å²) in [6, 6.07) is 8.04. The summed E-state index contributed by atoms with van der Waals surface area (Å²) in [6.07, 6.45) is 3.61. The van der Waals surface area contributed by atoms with E-state index in [2.05, 4.69) is 15.1 Å². The highest BCUT2D eigenvalue weighted by atomic mass is 19.4. The third-order valence-electron chi connectivity index (χ3n) is 7.52. The van der Waals surface area contributed by atoms with Crippen molar-refractivity contribution in [3.05, 3.63) is 53.5 Å². The monoisotopic (exact) mass is 461 g/mol. The van der Waals surface area contributed by atoms with Crippen LogP contribution < -0.4 is 10.2 Å². The van der Waals surface area contributed by atoms with Crippen molar-refractivity contribution in [1.82, 2.24) is 10.2 Å². The van der Waals surface area contributed by atoms with E-state index in [-0.39, 0.29) is 18.5 Å². The number of rotatable bonds is 4. The fourth-order valence-corrected chi connectivity index (χ4v) is 5.82. The number of nitrogens with one attached hydrogen (secondary N) is 1. The molecule has 0 spiro atoms. The highest BCUT2D eigenvalue weighted by Crippen LogP contribution is 2.40. The normalized spacial score (nSPS) is 24.3. The highest BCUT2D eigenvalue weighted by Gasteiger charge is 2.43. The van der Waals surface area contributed by atoms with Gasteiger partial charge in [0.1, 0.15) is 5.76 Å². The molecule has 2 fully saturated rings. The zero-order valence-corrected chi connectivity index (χ0v) is 18.6. The van der Waals surface area contributed by atoms with Gasteiger partial charge in [-0.2, -0.15) is 13.2 Å². The molecule has 2 atom stereocenters. The topological polar surface area (TPSA) is 48.7 Å². The standard InChI is InChI=1S/C25H30F3N3O2/c26-25(27,28)18-8-9-22-17(13-18)14-21(24(32)29-15-20-7-4-12-33-20)23-16-30(10-11-31(22)23)19-5-2-1-3-6-19/h4,7-9,12-13,19,21,23H,1-3,5-6,10-11,14-16H2,(H,29,32). The van der Waals surface area contributed by atoms with E-state index >= 15 is 0 Å². The van der Waals surface area contributed by atoms with Crippen LogP contribution in [0.25, 0.3) is 0 Å². The van der Waals surface area contributed by atoms with Gasteiger partial charge in [-0.15, -0.1) is 0 Å². The molecule has 1 saturated carbocycles. The molecule has 1 amide bonds. The number of benzene rings is 1. The van der Waals surface area contributed by atoms with E-state index in [4.69, 9.17) is 4.42 Å². The second-order valence-electron chi connectivity index (χ2n) is 9.50. The molecule has 5 rings (SSSR count). The van der Waals surface area contributed by atoms with Crippen LogP contribution in [-0.2, 0) is 23.9 Å². The lowest BCUT2D eigenvalue weighted by Crippen LogP contribution is -2.62. The summed E-state index contributed by atoms with van der Waals surface area (Å²) in [5.41, 5.74) is 0.784. The van der Waals surface area contributed by atoms with Crippen LogP contribution in [0.15, 0.2) is 41.0 Å². The summed E-state index contributed by atoms with van der Waals surface area (Å²) in [5, 5.41) is 2.96. The molecule has 1 aromatic carbocycles. The molecule has 1 saturated heterocycles. The number of alkyl halides is 3. The van der Waals surface area contributed by atoms with Gasteiger partial charge >= 0.3 is 6.18 Å². The Bertz CT molecular complexity index is 970. The largest absolute Gasteiger partial charge is 0.467 e. The van der Waals surface area contributed by atoms with Crippen LogP contribution in [0.3, 0.4) is 0 Å². The number of carbonyl (C=O) groups is 1. The third-order valence-corrected chi connectivity index (χ3v) is 7.52. The minimum absolute atomic E-state index is 0.0542. The molecule has 1 aliphatic carbocycles. The molecule has 0 radical (unpaired) electrons. The molecule has 5 nitrogen and oxygen atoms in total. The van der Waals surface area contributed by atoms with E-state index in [1.807, 2.05) is 0 Å². The summed E-state index contributed by atoms with van der Waals surface area (Å²) in [7, 11) is 0. The second kappa shape index (κ2) is 9.05. The number of hydrogen-bond donors (Lipinski definition) is 1. The predicted molar refractivity (Wildman–Crippen MR) is 119 cm³/mol. The van der Waals surface area contributed by atoms with Gasteiger partial charge < -0.3 is 14.6 Å². The Labute approximate surface area is 191 Å². The average Bonchev–Trinajstić information content (AvgIpc) is 3.35. The van der Waals surface area contributed by atoms with Crippen molar-refractivity contribution < 1.29 is 22.4 Å². The summed E-state index contributed by atoms with van der Waals surface area (Å²) in [4.78, 5) is 18.0. The number of furan rings is 1. The molecular weight excluding hydrogens is 431 g/mol. The Morgan fingerprint density at radius 2 is 1.94 bits per heavy atom. The van der Waals surface area contributed by atoms with Gasteiger partial charge in [-0.3, -0.25) is 9.69 Å². The van der Waals surface area contributed by atoms with Crippen molar-refractivity contribution in [3.8, 4) is 0 Å². The second-order valence-corrected chi connectivity index (χ2v) is 9.50. The van der Waals surface area contributed by atoms with Crippen molar-refractivity contribution in [2.45, 2.75) is 63.3 Å². The minimum Gasteiger partial charge on any atom is -0.467 e. The molecule has 3 heterocycles. The quantitative estimate of drug-likeness (QED) is 0.723. The number of nitrogens with zero attached hydrogens (tertiary/aromatic N) is 2. The summed E-state index contributed by atoms with van der Waals surface area (Å²) < 4.78 is 45.4. The smallest absolute Gasteiger partial charge is 0.416 e. The molecule has 8 heteroatoms. The van der Waals surface area contributed by atoms with Crippen LogP contribution in [0.1, 0.15) is 49.0 Å². The number of amides is 1. The first-order valence-corrected chi connectivity index (χ1v) is 11.9. The lowest BCUT2D eigenvalue weighted by Gasteiger charge is -2.51. The first-order valence-electron chi connectivity index (χ1n) is 11.9. The van der Waals surface area contributed by atoms with Crippen LogP contribution in [0, 0.1) is 5.92 Å². The zero-order chi connectivity index (χ0) is 23.0. The van der Waals surface area contributed by atoms with Crippen LogP contribution in [0.5, 0.6) is 0 Å². The van der Waals surface area contributed by atoms with Gasteiger partial charge in [0.05, 0.1) is 30.3 Å². The van der Waals surface area contributed by atoms with Crippen molar-refractivity contribution in [3.63, 3.8) is 0 Å². The Kier molecular flexibility index (Phi) is 6.12. The molecule has 2 aromatic rings. The van der Waals surface area contributed by atoms with E-state index in [9.17, 15) is 18.0 Å². The van der Waals surface area contributed by atoms with Gasteiger partial charge in [-0.1, -0.05) is 19.3 Å². The zero-order valence-electron chi connectivity index (χ0n) is 18.6. The lowest BCUT2D eigenvalue weighted by molar-refractivity contribution is -0.137. The molecule has 3 aliphatic rings. The van der Waals surface area contributed by atoms with E-state index in [0.717, 1.165) is 25.3 Å². The number of piperazine rings is 1. The molecule has 2 aliphatic heterocycles. The Balaban J connectivity index is 1.41. The van der Waals surface area contributed by atoms with E-state index < -0.39 is 17.7 Å². The van der Waals surface area contributed by atoms with E-state index in [0.29, 0.717) is 23.8 Å². The maximum atomic E-state index is 13.4. The predicted octanol–water partition coefficient (Wildman–Crippen LogP) is 4.61. The summed E-state index contributed by atoms with van der Waals surface area (Å²) in [5.74, 6) is 0.112. The molecule has 33 heavy (non-hydrogen) atoms. The Morgan fingerprint density at radius 3 is 2.67 bits per heavy atom. The van der Waals surface area contributed by atoms with Gasteiger partial charge in [-0.25, -0.2) is 0 Å². The maximum absolute atomic E-state index is 13.4. The van der Waals surface area contributed by atoms with Gasteiger partial charge in [0.25, 0.3) is 0 Å². The minimum atomic E-state index is -4.40. The van der Waals surface area contributed by atoms with Crippen molar-refractivity contribution in [2.75, 3.05) is 24.5 Å². The first-order chi connectivity index (χ1) is 15.9. The number of anilines is 1. The van der Waals surface area contributed by atoms with Crippen molar-refractivity contribution >= 4 is 11.6 Å². The third kappa shape index (κ3) is 4.63. The summed E-state index contributed by atoms with van der Waals surface area (Å²) in [6.45, 7) is 2.64. The number of halogens is 3.